The number of aliphatic hydroxyl groups excluding tert-OH is 4. The molecule has 30 heavy (non-hydrogen) atoms. The number of rotatable bonds is 6. The smallest absolute Gasteiger partial charge is 0.229 e. The molecule has 6 N–H and O–H groups in total. The molecular weight excluding hydrogens is 396 g/mol. The van der Waals surface area contributed by atoms with Crippen molar-refractivity contribution < 1.29 is 44.9 Å². The summed E-state index contributed by atoms with van der Waals surface area (Å²) in [5, 5.41) is 57.8. The molecule has 1 saturated heterocycles. The van der Waals surface area contributed by atoms with E-state index in [9.17, 15) is 35.4 Å². The monoisotopic (exact) mass is 418 g/mol. The van der Waals surface area contributed by atoms with Gasteiger partial charge in [0.05, 0.1) is 12.2 Å². The molecule has 2 aromatic carbocycles. The average Bonchev–Trinajstić information content (AvgIpc) is 2.73. The Kier molecular flexibility index (Phi) is 6.70. The molecule has 0 spiro atoms. The van der Waals surface area contributed by atoms with Crippen LogP contribution in [0.2, 0.25) is 0 Å². The fraction of sp³-hybridized carbons (Fsp3) is 0.286. The lowest BCUT2D eigenvalue weighted by Gasteiger charge is -2.39. The number of aliphatic hydroxyl groups is 4. The van der Waals surface area contributed by atoms with Crippen LogP contribution < -0.4 is 4.74 Å². The Labute approximate surface area is 171 Å². The predicted octanol–water partition coefficient (Wildman–Crippen LogP) is 0.173. The molecule has 0 amide bonds. The third kappa shape index (κ3) is 4.78. The molecule has 5 atom stereocenters. The van der Waals surface area contributed by atoms with E-state index < -0.39 is 43.1 Å². The first-order valence-corrected chi connectivity index (χ1v) is 9.12. The second-order valence-electron chi connectivity index (χ2n) is 6.78. The lowest BCUT2D eigenvalue weighted by molar-refractivity contribution is -0.277. The van der Waals surface area contributed by atoms with Gasteiger partial charge in [-0.15, -0.1) is 0 Å². The lowest BCUT2D eigenvalue weighted by Crippen LogP contribution is -2.60. The van der Waals surface area contributed by atoms with E-state index in [-0.39, 0.29) is 17.1 Å². The van der Waals surface area contributed by atoms with Crippen LogP contribution >= 0.6 is 0 Å². The number of carbonyl (C=O) groups is 1. The van der Waals surface area contributed by atoms with Crippen molar-refractivity contribution >= 4 is 11.9 Å². The van der Waals surface area contributed by atoms with Crippen LogP contribution in [0.25, 0.3) is 6.08 Å². The quantitative estimate of drug-likeness (QED) is 0.284. The fourth-order valence-corrected chi connectivity index (χ4v) is 2.95. The Morgan fingerprint density at radius 3 is 2.33 bits per heavy atom. The Morgan fingerprint density at radius 2 is 1.70 bits per heavy atom. The molecule has 1 aliphatic heterocycles. The highest BCUT2D eigenvalue weighted by Crippen LogP contribution is 2.25. The normalized spacial score (nSPS) is 26.6. The highest BCUT2D eigenvalue weighted by atomic mass is 16.7. The van der Waals surface area contributed by atoms with Crippen LogP contribution in [0, 0.1) is 0 Å². The second-order valence-corrected chi connectivity index (χ2v) is 6.78. The largest absolute Gasteiger partial charge is 0.508 e. The minimum absolute atomic E-state index is 0.0478. The maximum absolute atomic E-state index is 12.2. The van der Waals surface area contributed by atoms with Gasteiger partial charge in [0.25, 0.3) is 0 Å². The van der Waals surface area contributed by atoms with Gasteiger partial charge in [-0.3, -0.25) is 4.79 Å². The number of phenolic OH excluding ortho intramolecular Hbond substituents is 2. The zero-order valence-electron chi connectivity index (χ0n) is 15.7. The Hall–Kier alpha value is -2.95. The van der Waals surface area contributed by atoms with Crippen LogP contribution in [0.5, 0.6) is 17.2 Å². The number of hydrogen-bond acceptors (Lipinski definition) is 9. The molecule has 0 unspecified atom stereocenters. The van der Waals surface area contributed by atoms with Crippen LogP contribution in [0.4, 0.5) is 0 Å². The number of ketones is 1. The van der Waals surface area contributed by atoms with Gasteiger partial charge in [0.1, 0.15) is 41.7 Å². The average molecular weight is 418 g/mol. The maximum atomic E-state index is 12.2. The molecule has 0 aromatic heterocycles. The van der Waals surface area contributed by atoms with Crippen molar-refractivity contribution in [1.29, 1.82) is 0 Å². The van der Waals surface area contributed by atoms with E-state index in [1.165, 1.54) is 24.3 Å². The first-order chi connectivity index (χ1) is 14.3. The molecule has 3 rings (SSSR count). The van der Waals surface area contributed by atoms with E-state index in [0.29, 0.717) is 11.3 Å². The highest BCUT2D eigenvalue weighted by Gasteiger charge is 2.44. The number of benzene rings is 2. The minimum atomic E-state index is -1.54. The van der Waals surface area contributed by atoms with E-state index in [1.807, 2.05) is 0 Å². The first-order valence-electron chi connectivity index (χ1n) is 9.12. The highest BCUT2D eigenvalue weighted by molar-refractivity contribution is 6.08. The molecular formula is C21H22O9. The molecule has 1 heterocycles. The summed E-state index contributed by atoms with van der Waals surface area (Å²) in [5.74, 6) is -0.635. The summed E-state index contributed by atoms with van der Waals surface area (Å²) in [6, 6.07) is 10.0. The van der Waals surface area contributed by atoms with Crippen molar-refractivity contribution in [2.24, 2.45) is 0 Å². The van der Waals surface area contributed by atoms with Crippen molar-refractivity contribution in [3.8, 4) is 17.2 Å². The number of ether oxygens (including phenoxy) is 2. The van der Waals surface area contributed by atoms with Crippen LogP contribution in [0.3, 0.4) is 0 Å². The third-order valence-electron chi connectivity index (χ3n) is 4.65. The van der Waals surface area contributed by atoms with E-state index in [0.717, 1.165) is 6.07 Å². The van der Waals surface area contributed by atoms with Crippen LogP contribution in [0.15, 0.2) is 48.5 Å². The molecule has 0 aliphatic carbocycles. The van der Waals surface area contributed by atoms with Crippen molar-refractivity contribution in [3.63, 3.8) is 0 Å². The van der Waals surface area contributed by atoms with Crippen LogP contribution in [-0.4, -0.2) is 73.7 Å². The Bertz CT molecular complexity index is 907. The summed E-state index contributed by atoms with van der Waals surface area (Å²) in [4.78, 5) is 12.2. The fourth-order valence-electron chi connectivity index (χ4n) is 2.95. The zero-order chi connectivity index (χ0) is 21.8. The predicted molar refractivity (Wildman–Crippen MR) is 104 cm³/mol. The number of hydrogen-bond donors (Lipinski definition) is 6. The topological polar surface area (TPSA) is 157 Å². The number of phenols is 2. The van der Waals surface area contributed by atoms with E-state index in [4.69, 9.17) is 9.47 Å². The molecule has 160 valence electrons. The first kappa shape index (κ1) is 21.8. The van der Waals surface area contributed by atoms with Crippen molar-refractivity contribution in [2.75, 3.05) is 6.61 Å². The summed E-state index contributed by atoms with van der Waals surface area (Å²) in [6.45, 7) is -0.556. The summed E-state index contributed by atoms with van der Waals surface area (Å²) in [5.41, 5.74) is 0.689. The van der Waals surface area contributed by atoms with Gasteiger partial charge in [-0.05, 0) is 35.9 Å². The molecule has 0 saturated carbocycles. The SMILES string of the molecule is O=C(/C=C/c1ccc(O[C@H]2O[C@@H](CO)[C@H](O)[C@@H](O)[C@@H]2O)cc1)c1ccc(O)cc1O. The van der Waals surface area contributed by atoms with Gasteiger partial charge in [-0.1, -0.05) is 18.2 Å². The molecule has 9 nitrogen and oxygen atoms in total. The molecule has 1 fully saturated rings. The summed E-state index contributed by atoms with van der Waals surface area (Å²) in [6.07, 6.45) is -4.10. The molecule has 9 heteroatoms. The number of carbonyl (C=O) groups excluding carboxylic acids is 1. The van der Waals surface area contributed by atoms with Gasteiger partial charge in [0, 0.05) is 6.07 Å². The van der Waals surface area contributed by atoms with Gasteiger partial charge in [-0.2, -0.15) is 0 Å². The van der Waals surface area contributed by atoms with Crippen molar-refractivity contribution in [3.05, 3.63) is 59.7 Å². The standard InChI is InChI=1S/C21H22O9/c22-10-17-18(26)19(27)20(28)21(30-17)29-13-5-1-11(2-6-13)3-8-15(24)14-7-4-12(23)9-16(14)25/h1-9,17-23,25-28H,10H2/b8-3+/t17-,18-,19+,20-,21-/m0/s1. The summed E-state index contributed by atoms with van der Waals surface area (Å²) >= 11 is 0. The van der Waals surface area contributed by atoms with Gasteiger partial charge in [0.2, 0.25) is 6.29 Å². The van der Waals surface area contributed by atoms with E-state index >= 15 is 0 Å². The zero-order valence-corrected chi connectivity index (χ0v) is 15.7. The van der Waals surface area contributed by atoms with E-state index in [1.54, 1.807) is 24.3 Å². The van der Waals surface area contributed by atoms with Crippen molar-refractivity contribution in [2.45, 2.75) is 30.7 Å². The van der Waals surface area contributed by atoms with Crippen LogP contribution in [0.1, 0.15) is 15.9 Å². The van der Waals surface area contributed by atoms with Gasteiger partial charge < -0.3 is 40.1 Å². The Balaban J connectivity index is 1.65. The van der Waals surface area contributed by atoms with Gasteiger partial charge in [-0.25, -0.2) is 0 Å². The summed E-state index contributed by atoms with van der Waals surface area (Å²) in [7, 11) is 0. The molecule has 2 aromatic rings. The van der Waals surface area contributed by atoms with Crippen molar-refractivity contribution in [1.82, 2.24) is 0 Å². The van der Waals surface area contributed by atoms with Gasteiger partial charge in [0.15, 0.2) is 5.78 Å². The molecule has 1 aliphatic rings. The maximum Gasteiger partial charge on any atom is 0.229 e. The van der Waals surface area contributed by atoms with E-state index in [2.05, 4.69) is 0 Å². The number of aromatic hydroxyl groups is 2. The Morgan fingerprint density at radius 1 is 1.00 bits per heavy atom. The summed E-state index contributed by atoms with van der Waals surface area (Å²) < 4.78 is 10.8. The number of allylic oxidation sites excluding steroid dienone is 1. The lowest BCUT2D eigenvalue weighted by atomic mass is 9.99. The molecule has 0 bridgehead atoms. The third-order valence-corrected chi connectivity index (χ3v) is 4.65. The van der Waals surface area contributed by atoms with Crippen LogP contribution in [-0.2, 0) is 4.74 Å². The minimum Gasteiger partial charge on any atom is -0.508 e. The van der Waals surface area contributed by atoms with Gasteiger partial charge >= 0.3 is 0 Å². The molecule has 0 radical (unpaired) electrons. The second kappa shape index (κ2) is 9.24.